The number of rotatable bonds is 2. The van der Waals surface area contributed by atoms with Gasteiger partial charge in [-0.1, -0.05) is 0 Å². The van der Waals surface area contributed by atoms with Crippen LogP contribution in [0.2, 0.25) is 0 Å². The Morgan fingerprint density at radius 1 is 1.25 bits per heavy atom. The topological polar surface area (TPSA) is 127 Å². The molecule has 2 heterocycles. The quantitative estimate of drug-likeness (QED) is 0.443. The molecule has 8 nitrogen and oxygen atoms in total. The molecular formula is C8H9N7O. The standard InChI is InChI=1S/C8H9N7O/c9-5-4-13-8(14-6(5)16)15(10)7-11-2-1-3-12-7/h1-4H,9-10H2,(H,13,14,16). The summed E-state index contributed by atoms with van der Waals surface area (Å²) in [5.41, 5.74) is 4.89. The predicted octanol–water partition coefficient (Wildman–Crippen LogP) is -0.846. The van der Waals surface area contributed by atoms with Crippen LogP contribution in [0.3, 0.4) is 0 Å². The fourth-order valence-electron chi connectivity index (χ4n) is 1.03. The number of nitrogen functional groups attached to an aromatic ring is 1. The zero-order chi connectivity index (χ0) is 11.5. The van der Waals surface area contributed by atoms with Crippen molar-refractivity contribution in [2.24, 2.45) is 5.84 Å². The van der Waals surface area contributed by atoms with Gasteiger partial charge in [-0.15, -0.1) is 0 Å². The van der Waals surface area contributed by atoms with Gasteiger partial charge < -0.3 is 5.73 Å². The van der Waals surface area contributed by atoms with Crippen molar-refractivity contribution < 1.29 is 0 Å². The Morgan fingerprint density at radius 2 is 1.94 bits per heavy atom. The van der Waals surface area contributed by atoms with Gasteiger partial charge in [0, 0.05) is 12.4 Å². The molecule has 5 N–H and O–H groups in total. The van der Waals surface area contributed by atoms with E-state index in [1.165, 1.54) is 18.6 Å². The molecule has 0 bridgehead atoms. The molecule has 0 radical (unpaired) electrons. The first-order valence-corrected chi connectivity index (χ1v) is 4.35. The lowest BCUT2D eigenvalue weighted by Crippen LogP contribution is -2.31. The lowest BCUT2D eigenvalue weighted by atomic mass is 10.5. The number of nitrogens with two attached hydrogens (primary N) is 2. The maximum Gasteiger partial charge on any atom is 0.275 e. The Hall–Kier alpha value is -2.48. The minimum atomic E-state index is -0.462. The van der Waals surface area contributed by atoms with Crippen LogP contribution in [0.4, 0.5) is 17.6 Å². The average molecular weight is 219 g/mol. The van der Waals surface area contributed by atoms with Crippen LogP contribution in [-0.2, 0) is 0 Å². The second-order valence-corrected chi connectivity index (χ2v) is 2.91. The normalized spacial score (nSPS) is 10.1. The van der Waals surface area contributed by atoms with Crippen molar-refractivity contribution in [2.75, 3.05) is 10.7 Å². The van der Waals surface area contributed by atoms with Gasteiger partial charge in [0.15, 0.2) is 0 Å². The van der Waals surface area contributed by atoms with Gasteiger partial charge in [0.05, 0.1) is 6.20 Å². The SMILES string of the molecule is Nc1cnc(N(N)c2ncccn2)[nH]c1=O. The molecule has 0 fully saturated rings. The number of aromatic nitrogens is 4. The van der Waals surface area contributed by atoms with Gasteiger partial charge in [-0.05, 0) is 6.07 Å². The van der Waals surface area contributed by atoms with E-state index in [1.807, 2.05) is 0 Å². The van der Waals surface area contributed by atoms with Crippen molar-refractivity contribution in [3.63, 3.8) is 0 Å². The van der Waals surface area contributed by atoms with E-state index >= 15 is 0 Å². The Bertz CT molecular complexity index is 538. The Morgan fingerprint density at radius 3 is 2.56 bits per heavy atom. The number of hydrogen-bond donors (Lipinski definition) is 3. The van der Waals surface area contributed by atoms with Crippen molar-refractivity contribution in [1.29, 1.82) is 0 Å². The molecule has 0 aliphatic rings. The minimum Gasteiger partial charge on any atom is -0.393 e. The molecule has 0 spiro atoms. The number of anilines is 3. The summed E-state index contributed by atoms with van der Waals surface area (Å²) in [7, 11) is 0. The van der Waals surface area contributed by atoms with Crippen LogP contribution >= 0.6 is 0 Å². The maximum atomic E-state index is 11.2. The highest BCUT2D eigenvalue weighted by Crippen LogP contribution is 2.09. The van der Waals surface area contributed by atoms with Crippen molar-refractivity contribution in [1.82, 2.24) is 19.9 Å². The first-order valence-electron chi connectivity index (χ1n) is 4.35. The zero-order valence-electron chi connectivity index (χ0n) is 8.16. The summed E-state index contributed by atoms with van der Waals surface area (Å²) >= 11 is 0. The van der Waals surface area contributed by atoms with E-state index in [1.54, 1.807) is 6.07 Å². The average Bonchev–Trinajstić information content (AvgIpc) is 2.33. The first-order chi connectivity index (χ1) is 7.68. The monoisotopic (exact) mass is 219 g/mol. The lowest BCUT2D eigenvalue weighted by molar-refractivity contribution is 0.910. The minimum absolute atomic E-state index is 0.0196. The fraction of sp³-hybridized carbons (Fsp3) is 0. The van der Waals surface area contributed by atoms with Gasteiger partial charge in [-0.3, -0.25) is 9.78 Å². The molecule has 0 unspecified atom stereocenters. The van der Waals surface area contributed by atoms with Crippen LogP contribution in [0.5, 0.6) is 0 Å². The molecule has 0 saturated heterocycles. The first kappa shape index (κ1) is 10.1. The maximum absolute atomic E-state index is 11.2. The van der Waals surface area contributed by atoms with Crippen molar-refractivity contribution in [3.8, 4) is 0 Å². The molecular weight excluding hydrogens is 210 g/mol. The molecule has 0 amide bonds. The van der Waals surface area contributed by atoms with E-state index < -0.39 is 5.56 Å². The van der Waals surface area contributed by atoms with Gasteiger partial charge in [0.2, 0.25) is 11.9 Å². The molecule has 2 aromatic heterocycles. The molecule has 0 saturated carbocycles. The van der Waals surface area contributed by atoms with Crippen molar-refractivity contribution in [2.45, 2.75) is 0 Å². The highest BCUT2D eigenvalue weighted by atomic mass is 16.1. The van der Waals surface area contributed by atoms with Crippen LogP contribution in [-0.4, -0.2) is 19.9 Å². The summed E-state index contributed by atoms with van der Waals surface area (Å²) in [6.45, 7) is 0. The smallest absolute Gasteiger partial charge is 0.275 e. The third kappa shape index (κ3) is 1.81. The lowest BCUT2D eigenvalue weighted by Gasteiger charge is -2.13. The van der Waals surface area contributed by atoms with E-state index in [-0.39, 0.29) is 17.6 Å². The highest BCUT2D eigenvalue weighted by Gasteiger charge is 2.09. The van der Waals surface area contributed by atoms with Crippen molar-refractivity contribution in [3.05, 3.63) is 35.0 Å². The number of hydrogen-bond acceptors (Lipinski definition) is 7. The predicted molar refractivity (Wildman–Crippen MR) is 57.6 cm³/mol. The number of aromatic amines is 1. The summed E-state index contributed by atoms with van der Waals surface area (Å²) in [5, 5.41) is 1.06. The molecule has 0 aliphatic heterocycles. The molecule has 2 aromatic rings. The number of H-pyrrole nitrogens is 1. The van der Waals surface area contributed by atoms with Crippen LogP contribution in [0.1, 0.15) is 0 Å². The van der Waals surface area contributed by atoms with Gasteiger partial charge >= 0.3 is 0 Å². The van der Waals surface area contributed by atoms with Gasteiger partial charge in [-0.25, -0.2) is 25.8 Å². The van der Waals surface area contributed by atoms with Crippen LogP contribution in [0.25, 0.3) is 0 Å². The Kier molecular flexibility index (Phi) is 2.48. The van der Waals surface area contributed by atoms with E-state index in [9.17, 15) is 4.79 Å². The zero-order valence-corrected chi connectivity index (χ0v) is 8.16. The summed E-state index contributed by atoms with van der Waals surface area (Å²) in [6.07, 6.45) is 4.27. The summed E-state index contributed by atoms with van der Waals surface area (Å²) in [4.78, 5) is 25.3. The largest absolute Gasteiger partial charge is 0.393 e. The molecule has 16 heavy (non-hydrogen) atoms. The van der Waals surface area contributed by atoms with Crippen LogP contribution < -0.4 is 22.1 Å². The molecule has 2 rings (SSSR count). The second kappa shape index (κ2) is 3.95. The number of nitrogens with zero attached hydrogens (tertiary/aromatic N) is 4. The van der Waals surface area contributed by atoms with E-state index in [2.05, 4.69) is 19.9 Å². The third-order valence-electron chi connectivity index (χ3n) is 1.81. The summed E-state index contributed by atoms with van der Waals surface area (Å²) < 4.78 is 0. The van der Waals surface area contributed by atoms with Gasteiger partial charge in [0.1, 0.15) is 5.69 Å². The van der Waals surface area contributed by atoms with Gasteiger partial charge in [-0.2, -0.15) is 0 Å². The molecule has 82 valence electrons. The molecule has 8 heteroatoms. The van der Waals surface area contributed by atoms with E-state index in [4.69, 9.17) is 11.6 Å². The summed E-state index contributed by atoms with van der Waals surface area (Å²) in [5.74, 6) is 6.00. The van der Waals surface area contributed by atoms with Gasteiger partial charge in [0.25, 0.3) is 5.56 Å². The Balaban J connectivity index is 2.38. The fourth-order valence-corrected chi connectivity index (χ4v) is 1.03. The number of hydrazine groups is 1. The van der Waals surface area contributed by atoms with E-state index in [0.717, 1.165) is 5.01 Å². The second-order valence-electron chi connectivity index (χ2n) is 2.91. The molecule has 0 aliphatic carbocycles. The highest BCUT2D eigenvalue weighted by molar-refractivity contribution is 5.46. The third-order valence-corrected chi connectivity index (χ3v) is 1.81. The Labute approximate surface area is 89.9 Å². The number of nitrogens with one attached hydrogen (secondary N) is 1. The van der Waals surface area contributed by atoms with Crippen LogP contribution in [0, 0.1) is 0 Å². The molecule has 0 aromatic carbocycles. The summed E-state index contributed by atoms with van der Waals surface area (Å²) in [6, 6.07) is 1.65. The van der Waals surface area contributed by atoms with Crippen LogP contribution in [0.15, 0.2) is 29.5 Å². The van der Waals surface area contributed by atoms with E-state index in [0.29, 0.717) is 0 Å². The van der Waals surface area contributed by atoms with Crippen molar-refractivity contribution >= 4 is 17.6 Å². The molecule has 0 atom stereocenters.